The van der Waals surface area contributed by atoms with Crippen molar-refractivity contribution in [3.8, 4) is 5.88 Å². The Hall–Kier alpha value is -1.32. The standard InChI is InChI=1S/C15H17ClN2O/c1-19-13-7-4-10-12(18-13)6-5-11(14(10)16)15(17)8-2-3-9-15/h4-7H,2-3,8-9,17H2,1H3. The molecule has 0 amide bonds. The van der Waals surface area contributed by atoms with Crippen molar-refractivity contribution in [2.75, 3.05) is 7.11 Å². The zero-order valence-electron chi connectivity index (χ0n) is 10.9. The lowest BCUT2D eigenvalue weighted by atomic mass is 9.88. The van der Waals surface area contributed by atoms with E-state index in [1.54, 1.807) is 7.11 Å². The summed E-state index contributed by atoms with van der Waals surface area (Å²) in [6.45, 7) is 0. The van der Waals surface area contributed by atoms with Gasteiger partial charge >= 0.3 is 0 Å². The maximum absolute atomic E-state index is 6.55. The predicted octanol–water partition coefficient (Wildman–Crippen LogP) is 3.62. The molecule has 3 nitrogen and oxygen atoms in total. The number of nitrogens with zero attached hydrogens (tertiary/aromatic N) is 1. The van der Waals surface area contributed by atoms with Crippen LogP contribution in [0, 0.1) is 0 Å². The van der Waals surface area contributed by atoms with Gasteiger partial charge in [0.2, 0.25) is 5.88 Å². The van der Waals surface area contributed by atoms with Crippen LogP contribution in [0.2, 0.25) is 5.02 Å². The average molecular weight is 277 g/mol. The van der Waals surface area contributed by atoms with Crippen molar-refractivity contribution in [1.29, 1.82) is 0 Å². The van der Waals surface area contributed by atoms with Crippen molar-refractivity contribution in [2.24, 2.45) is 5.73 Å². The van der Waals surface area contributed by atoms with Crippen molar-refractivity contribution in [2.45, 2.75) is 31.2 Å². The molecule has 1 aromatic heterocycles. The van der Waals surface area contributed by atoms with E-state index >= 15 is 0 Å². The highest BCUT2D eigenvalue weighted by Gasteiger charge is 2.33. The minimum absolute atomic E-state index is 0.273. The number of aromatic nitrogens is 1. The number of nitrogens with two attached hydrogens (primary N) is 1. The molecule has 1 aliphatic carbocycles. The third-order valence-corrected chi connectivity index (χ3v) is 4.43. The summed E-state index contributed by atoms with van der Waals surface area (Å²) in [7, 11) is 1.61. The minimum Gasteiger partial charge on any atom is -0.481 e. The van der Waals surface area contributed by atoms with E-state index in [2.05, 4.69) is 4.98 Å². The number of benzene rings is 1. The number of hydrogen-bond acceptors (Lipinski definition) is 3. The number of pyridine rings is 1. The van der Waals surface area contributed by atoms with E-state index in [4.69, 9.17) is 22.1 Å². The van der Waals surface area contributed by atoms with Gasteiger partial charge in [-0.05, 0) is 30.5 Å². The van der Waals surface area contributed by atoms with Gasteiger partial charge in [-0.2, -0.15) is 0 Å². The van der Waals surface area contributed by atoms with Gasteiger partial charge < -0.3 is 10.5 Å². The van der Waals surface area contributed by atoms with Gasteiger partial charge in [0.1, 0.15) is 0 Å². The van der Waals surface area contributed by atoms with Crippen molar-refractivity contribution in [3.05, 3.63) is 34.9 Å². The Labute approximate surface area is 117 Å². The van der Waals surface area contributed by atoms with Gasteiger partial charge in [0, 0.05) is 17.0 Å². The van der Waals surface area contributed by atoms with E-state index in [9.17, 15) is 0 Å². The van der Waals surface area contributed by atoms with Crippen molar-refractivity contribution in [3.63, 3.8) is 0 Å². The molecule has 0 unspecified atom stereocenters. The Morgan fingerprint density at radius 1 is 1.21 bits per heavy atom. The van der Waals surface area contributed by atoms with Crippen LogP contribution in [0.4, 0.5) is 0 Å². The van der Waals surface area contributed by atoms with Crippen LogP contribution in [0.15, 0.2) is 24.3 Å². The molecular formula is C15H17ClN2O. The summed E-state index contributed by atoms with van der Waals surface area (Å²) in [6.07, 6.45) is 4.35. The summed E-state index contributed by atoms with van der Waals surface area (Å²) in [5, 5.41) is 1.67. The summed E-state index contributed by atoms with van der Waals surface area (Å²) < 4.78 is 5.13. The van der Waals surface area contributed by atoms with Gasteiger partial charge in [0.25, 0.3) is 0 Å². The van der Waals surface area contributed by atoms with E-state index in [1.807, 2.05) is 24.3 Å². The minimum atomic E-state index is -0.273. The summed E-state index contributed by atoms with van der Waals surface area (Å²) in [6, 6.07) is 7.77. The number of hydrogen-bond donors (Lipinski definition) is 1. The first kappa shape index (κ1) is 12.7. The molecule has 100 valence electrons. The van der Waals surface area contributed by atoms with Crippen LogP contribution < -0.4 is 10.5 Å². The third kappa shape index (κ3) is 2.07. The number of rotatable bonds is 2. The van der Waals surface area contributed by atoms with Crippen molar-refractivity contribution < 1.29 is 4.74 Å². The van der Waals surface area contributed by atoms with E-state index < -0.39 is 0 Å². The Kier molecular flexibility index (Phi) is 3.11. The molecule has 0 spiro atoms. The lowest BCUT2D eigenvalue weighted by molar-refractivity contribution is 0.399. The maximum Gasteiger partial charge on any atom is 0.213 e. The largest absolute Gasteiger partial charge is 0.481 e. The highest BCUT2D eigenvalue weighted by Crippen LogP contribution is 2.41. The van der Waals surface area contributed by atoms with Crippen LogP contribution in [0.1, 0.15) is 31.2 Å². The van der Waals surface area contributed by atoms with Crippen LogP contribution in [0.3, 0.4) is 0 Å². The van der Waals surface area contributed by atoms with E-state index in [1.165, 1.54) is 12.8 Å². The molecule has 1 saturated carbocycles. The Bertz CT molecular complexity index is 621. The normalized spacial score (nSPS) is 17.8. The van der Waals surface area contributed by atoms with Crippen LogP contribution in [0.5, 0.6) is 5.88 Å². The number of fused-ring (bicyclic) bond motifs is 1. The molecular weight excluding hydrogens is 260 g/mol. The first-order valence-electron chi connectivity index (χ1n) is 6.57. The Morgan fingerprint density at radius 2 is 1.95 bits per heavy atom. The Morgan fingerprint density at radius 3 is 2.63 bits per heavy atom. The molecule has 1 aliphatic rings. The second-order valence-corrected chi connectivity index (χ2v) is 5.59. The lowest BCUT2D eigenvalue weighted by Gasteiger charge is -2.26. The summed E-state index contributed by atoms with van der Waals surface area (Å²) >= 11 is 6.55. The molecule has 0 atom stereocenters. The molecule has 2 aromatic rings. The van der Waals surface area contributed by atoms with Gasteiger partial charge in [-0.3, -0.25) is 0 Å². The second kappa shape index (κ2) is 4.66. The molecule has 1 aromatic carbocycles. The highest BCUT2D eigenvalue weighted by molar-refractivity contribution is 6.36. The van der Waals surface area contributed by atoms with Crippen LogP contribution in [-0.4, -0.2) is 12.1 Å². The summed E-state index contributed by atoms with van der Waals surface area (Å²) in [4.78, 5) is 4.40. The van der Waals surface area contributed by atoms with Crippen molar-refractivity contribution >= 4 is 22.5 Å². The van der Waals surface area contributed by atoms with Gasteiger partial charge in [-0.15, -0.1) is 0 Å². The molecule has 1 fully saturated rings. The molecule has 0 saturated heterocycles. The fourth-order valence-electron chi connectivity index (χ4n) is 2.92. The quantitative estimate of drug-likeness (QED) is 0.911. The summed E-state index contributed by atoms with van der Waals surface area (Å²) in [5.41, 5.74) is 8.12. The zero-order valence-corrected chi connectivity index (χ0v) is 11.7. The molecule has 2 N–H and O–H groups in total. The number of methoxy groups -OCH3 is 1. The zero-order chi connectivity index (χ0) is 13.5. The lowest BCUT2D eigenvalue weighted by Crippen LogP contribution is -2.33. The van der Waals surface area contributed by atoms with Gasteiger partial charge in [-0.25, -0.2) is 4.98 Å². The summed E-state index contributed by atoms with van der Waals surface area (Å²) in [5.74, 6) is 0.597. The average Bonchev–Trinajstić information content (AvgIpc) is 2.86. The van der Waals surface area contributed by atoms with Gasteiger partial charge in [-0.1, -0.05) is 30.5 Å². The third-order valence-electron chi connectivity index (χ3n) is 4.02. The van der Waals surface area contributed by atoms with Crippen molar-refractivity contribution in [1.82, 2.24) is 4.98 Å². The second-order valence-electron chi connectivity index (χ2n) is 5.21. The number of halogens is 1. The van der Waals surface area contributed by atoms with Gasteiger partial charge in [0.05, 0.1) is 17.6 Å². The first-order chi connectivity index (χ1) is 9.14. The van der Waals surface area contributed by atoms with Crippen LogP contribution >= 0.6 is 11.6 Å². The first-order valence-corrected chi connectivity index (χ1v) is 6.94. The van der Waals surface area contributed by atoms with Crippen LogP contribution in [0.25, 0.3) is 10.9 Å². The molecule has 0 aliphatic heterocycles. The predicted molar refractivity (Wildman–Crippen MR) is 77.6 cm³/mol. The molecule has 1 heterocycles. The highest BCUT2D eigenvalue weighted by atomic mass is 35.5. The van der Waals surface area contributed by atoms with Gasteiger partial charge in [0.15, 0.2) is 0 Å². The number of ether oxygens (including phenoxy) is 1. The molecule has 0 bridgehead atoms. The molecule has 19 heavy (non-hydrogen) atoms. The molecule has 3 rings (SSSR count). The topological polar surface area (TPSA) is 48.1 Å². The van der Waals surface area contributed by atoms with E-state index in [-0.39, 0.29) is 5.54 Å². The maximum atomic E-state index is 6.55. The van der Waals surface area contributed by atoms with Crippen LogP contribution in [-0.2, 0) is 5.54 Å². The smallest absolute Gasteiger partial charge is 0.213 e. The molecule has 0 radical (unpaired) electrons. The monoisotopic (exact) mass is 276 g/mol. The SMILES string of the molecule is COc1ccc2c(Cl)c(C3(N)CCCC3)ccc2n1. The van der Waals surface area contributed by atoms with E-state index in [0.29, 0.717) is 5.88 Å². The molecule has 4 heteroatoms. The Balaban J connectivity index is 2.16. The fourth-order valence-corrected chi connectivity index (χ4v) is 3.33. The van der Waals surface area contributed by atoms with E-state index in [0.717, 1.165) is 34.3 Å². The fraction of sp³-hybridized carbons (Fsp3) is 0.400.